The van der Waals surface area contributed by atoms with E-state index >= 15 is 0 Å². The van der Waals surface area contributed by atoms with Crippen molar-refractivity contribution in [3.63, 3.8) is 0 Å². The average Bonchev–Trinajstić information content (AvgIpc) is 2.55. The maximum atomic E-state index is 12.1. The number of nitrogens with two attached hydrogens (primary N) is 1. The van der Waals surface area contributed by atoms with Gasteiger partial charge in [-0.15, -0.1) is 0 Å². The molecule has 2 amide bonds. The lowest BCUT2D eigenvalue weighted by atomic mass is 10.0. The quantitative estimate of drug-likeness (QED) is 0.763. The highest BCUT2D eigenvalue weighted by Crippen LogP contribution is 2.15. The summed E-state index contributed by atoms with van der Waals surface area (Å²) in [7, 11) is 0. The smallest absolute Gasteiger partial charge is 0.251 e. The number of nitrogens with one attached hydrogen (secondary N) is 2. The van der Waals surface area contributed by atoms with E-state index in [0.717, 1.165) is 5.56 Å². The summed E-state index contributed by atoms with van der Waals surface area (Å²) in [5, 5.41) is 5.62. The molecule has 0 aliphatic carbocycles. The molecule has 0 aliphatic rings. The van der Waals surface area contributed by atoms with Crippen LogP contribution in [0.25, 0.3) is 0 Å². The number of carbonyl (C=O) groups excluding carboxylic acids is 2. The third kappa shape index (κ3) is 5.21. The van der Waals surface area contributed by atoms with Gasteiger partial charge in [-0.2, -0.15) is 0 Å². The highest BCUT2D eigenvalue weighted by atomic mass is 16.2. The Balaban J connectivity index is 1.91. The number of anilines is 1. The Hall–Kier alpha value is -2.66. The van der Waals surface area contributed by atoms with Crippen LogP contribution in [0.4, 0.5) is 5.69 Å². The summed E-state index contributed by atoms with van der Waals surface area (Å²) in [5.74, 6) is -0.292. The first-order chi connectivity index (χ1) is 11.5. The molecule has 5 heteroatoms. The van der Waals surface area contributed by atoms with E-state index in [1.807, 2.05) is 44.2 Å². The first kappa shape index (κ1) is 17.7. The normalized spacial score (nSPS) is 11.8. The lowest BCUT2D eigenvalue weighted by molar-refractivity contribution is -0.116. The number of amides is 2. The summed E-state index contributed by atoms with van der Waals surface area (Å²) in [6, 6.07) is 16.0. The Morgan fingerprint density at radius 2 is 1.62 bits per heavy atom. The van der Waals surface area contributed by atoms with Crippen LogP contribution >= 0.6 is 0 Å². The Bertz CT molecular complexity index is 682. The third-order valence-corrected chi connectivity index (χ3v) is 3.48. The standard InChI is InChI=1S/C19H23N3O2/c1-13(2)21-19(24)15-8-10-16(11-9-15)22-18(23)12-17(20)14-6-4-3-5-7-14/h3-11,13,17H,12,20H2,1-2H3,(H,21,24)(H,22,23). The van der Waals surface area contributed by atoms with Gasteiger partial charge in [0.1, 0.15) is 0 Å². The van der Waals surface area contributed by atoms with Crippen LogP contribution in [0.2, 0.25) is 0 Å². The van der Waals surface area contributed by atoms with Gasteiger partial charge in [0.15, 0.2) is 0 Å². The van der Waals surface area contributed by atoms with Gasteiger partial charge in [0.2, 0.25) is 5.91 Å². The van der Waals surface area contributed by atoms with Crippen molar-refractivity contribution in [2.24, 2.45) is 5.73 Å². The lowest BCUT2D eigenvalue weighted by Crippen LogP contribution is -2.30. The van der Waals surface area contributed by atoms with E-state index in [2.05, 4.69) is 10.6 Å². The van der Waals surface area contributed by atoms with Crippen LogP contribution in [-0.4, -0.2) is 17.9 Å². The Morgan fingerprint density at radius 3 is 2.21 bits per heavy atom. The summed E-state index contributed by atoms with van der Waals surface area (Å²) in [4.78, 5) is 24.0. The van der Waals surface area contributed by atoms with Crippen LogP contribution in [0, 0.1) is 0 Å². The first-order valence-electron chi connectivity index (χ1n) is 7.97. The molecule has 2 aromatic carbocycles. The second kappa shape index (κ2) is 8.26. The van der Waals surface area contributed by atoms with E-state index in [4.69, 9.17) is 5.73 Å². The van der Waals surface area contributed by atoms with Crippen LogP contribution in [0.5, 0.6) is 0 Å². The fraction of sp³-hybridized carbons (Fsp3) is 0.263. The minimum atomic E-state index is -0.345. The van der Waals surface area contributed by atoms with E-state index in [9.17, 15) is 9.59 Å². The summed E-state index contributed by atoms with van der Waals surface area (Å²) in [5.41, 5.74) is 8.17. The molecule has 2 aromatic rings. The Labute approximate surface area is 142 Å². The molecule has 0 radical (unpaired) electrons. The number of carbonyl (C=O) groups is 2. The molecule has 126 valence electrons. The SMILES string of the molecule is CC(C)NC(=O)c1ccc(NC(=O)CC(N)c2ccccc2)cc1. The van der Waals surface area contributed by atoms with Crippen LogP contribution < -0.4 is 16.4 Å². The molecule has 0 heterocycles. The zero-order chi connectivity index (χ0) is 17.5. The molecule has 0 saturated heterocycles. The zero-order valence-electron chi connectivity index (χ0n) is 14.0. The van der Waals surface area contributed by atoms with Crippen molar-refractivity contribution in [2.75, 3.05) is 5.32 Å². The van der Waals surface area contributed by atoms with E-state index < -0.39 is 0 Å². The number of benzene rings is 2. The third-order valence-electron chi connectivity index (χ3n) is 3.48. The minimum Gasteiger partial charge on any atom is -0.350 e. The number of rotatable bonds is 6. The van der Waals surface area contributed by atoms with Crippen molar-refractivity contribution in [3.8, 4) is 0 Å². The van der Waals surface area contributed by atoms with Gasteiger partial charge in [0.25, 0.3) is 5.91 Å². The molecule has 0 fully saturated rings. The molecule has 0 aliphatic heterocycles. The van der Waals surface area contributed by atoms with E-state index in [-0.39, 0.29) is 30.3 Å². The van der Waals surface area contributed by atoms with Gasteiger partial charge in [-0.25, -0.2) is 0 Å². The van der Waals surface area contributed by atoms with Crippen molar-refractivity contribution < 1.29 is 9.59 Å². The predicted molar refractivity (Wildman–Crippen MR) is 95.7 cm³/mol. The monoisotopic (exact) mass is 325 g/mol. The van der Waals surface area contributed by atoms with Crippen LogP contribution in [0.15, 0.2) is 54.6 Å². The zero-order valence-corrected chi connectivity index (χ0v) is 14.0. The summed E-state index contributed by atoms with van der Waals surface area (Å²) < 4.78 is 0. The number of hydrogen-bond acceptors (Lipinski definition) is 3. The fourth-order valence-electron chi connectivity index (χ4n) is 2.28. The lowest BCUT2D eigenvalue weighted by Gasteiger charge is -2.12. The maximum absolute atomic E-state index is 12.1. The van der Waals surface area contributed by atoms with Gasteiger partial charge in [-0.05, 0) is 43.7 Å². The Kier molecular flexibility index (Phi) is 6.09. The van der Waals surface area contributed by atoms with Crippen molar-refractivity contribution in [3.05, 3.63) is 65.7 Å². The van der Waals surface area contributed by atoms with Gasteiger partial charge in [0.05, 0.1) is 0 Å². The van der Waals surface area contributed by atoms with Gasteiger partial charge in [-0.3, -0.25) is 9.59 Å². The molecule has 0 spiro atoms. The second-order valence-electron chi connectivity index (χ2n) is 5.97. The molecule has 0 bridgehead atoms. The average molecular weight is 325 g/mol. The highest BCUT2D eigenvalue weighted by molar-refractivity contribution is 5.96. The molecule has 24 heavy (non-hydrogen) atoms. The van der Waals surface area contributed by atoms with E-state index in [1.165, 1.54) is 0 Å². The summed E-state index contributed by atoms with van der Waals surface area (Å²) in [6.45, 7) is 3.81. The van der Waals surface area contributed by atoms with E-state index in [0.29, 0.717) is 11.3 Å². The second-order valence-corrected chi connectivity index (χ2v) is 5.97. The Morgan fingerprint density at radius 1 is 1.00 bits per heavy atom. The molecule has 4 N–H and O–H groups in total. The van der Waals surface area contributed by atoms with Crippen LogP contribution in [0.1, 0.15) is 42.2 Å². The fourth-order valence-corrected chi connectivity index (χ4v) is 2.28. The molecule has 1 atom stereocenters. The van der Waals surface area contributed by atoms with Crippen molar-refractivity contribution in [1.29, 1.82) is 0 Å². The van der Waals surface area contributed by atoms with E-state index in [1.54, 1.807) is 24.3 Å². The largest absolute Gasteiger partial charge is 0.350 e. The molecule has 0 aromatic heterocycles. The molecule has 1 unspecified atom stereocenters. The van der Waals surface area contributed by atoms with Gasteiger partial charge >= 0.3 is 0 Å². The van der Waals surface area contributed by atoms with Crippen molar-refractivity contribution in [1.82, 2.24) is 5.32 Å². The topological polar surface area (TPSA) is 84.2 Å². The molecule has 2 rings (SSSR count). The van der Waals surface area contributed by atoms with Gasteiger partial charge < -0.3 is 16.4 Å². The predicted octanol–water partition coefficient (Wildman–Crippen LogP) is 2.85. The molecule has 5 nitrogen and oxygen atoms in total. The molecule has 0 saturated carbocycles. The van der Waals surface area contributed by atoms with Gasteiger partial charge in [-0.1, -0.05) is 30.3 Å². The molecular weight excluding hydrogens is 302 g/mol. The minimum absolute atomic E-state index is 0.0800. The summed E-state index contributed by atoms with van der Waals surface area (Å²) >= 11 is 0. The first-order valence-corrected chi connectivity index (χ1v) is 7.97. The van der Waals surface area contributed by atoms with Crippen molar-refractivity contribution >= 4 is 17.5 Å². The summed E-state index contributed by atoms with van der Waals surface area (Å²) in [6.07, 6.45) is 0.194. The van der Waals surface area contributed by atoms with Crippen LogP contribution in [0.3, 0.4) is 0 Å². The molecular formula is C19H23N3O2. The highest BCUT2D eigenvalue weighted by Gasteiger charge is 2.12. The van der Waals surface area contributed by atoms with Gasteiger partial charge in [0, 0.05) is 29.8 Å². The maximum Gasteiger partial charge on any atom is 0.251 e. The van der Waals surface area contributed by atoms with Crippen molar-refractivity contribution in [2.45, 2.75) is 32.4 Å². The van der Waals surface area contributed by atoms with Crippen LogP contribution in [-0.2, 0) is 4.79 Å². The number of hydrogen-bond donors (Lipinski definition) is 3.